The second-order valence-electron chi connectivity index (χ2n) is 11.9. The molecular weight excluding hydrogens is 561 g/mol. The summed E-state index contributed by atoms with van der Waals surface area (Å²) < 4.78 is 50.4. The summed E-state index contributed by atoms with van der Waals surface area (Å²) in [5.41, 5.74) is 1.97. The van der Waals surface area contributed by atoms with Crippen LogP contribution in [0.2, 0.25) is 0 Å². The van der Waals surface area contributed by atoms with Gasteiger partial charge in [-0.05, 0) is 63.6 Å². The molecule has 0 bridgehead atoms. The number of fused-ring (bicyclic) bond motifs is 1. The number of halogens is 3. The van der Waals surface area contributed by atoms with E-state index >= 15 is 0 Å². The van der Waals surface area contributed by atoms with E-state index in [-0.39, 0.29) is 43.4 Å². The number of ether oxygens (including phenoxy) is 1. The summed E-state index contributed by atoms with van der Waals surface area (Å²) in [5.74, 6) is -1.10. The van der Waals surface area contributed by atoms with Gasteiger partial charge >= 0.3 is 6.09 Å². The molecule has 224 valence electrons. The number of alkyl halides is 1. The summed E-state index contributed by atoms with van der Waals surface area (Å²) in [6.07, 6.45) is 3.88. The van der Waals surface area contributed by atoms with Crippen LogP contribution in [0, 0.1) is 11.6 Å². The van der Waals surface area contributed by atoms with Crippen LogP contribution in [0.1, 0.15) is 57.7 Å². The Morgan fingerprint density at radius 1 is 1.12 bits per heavy atom. The van der Waals surface area contributed by atoms with Gasteiger partial charge in [-0.25, -0.2) is 27.8 Å². The molecule has 3 aromatic heterocycles. The van der Waals surface area contributed by atoms with E-state index in [1.807, 2.05) is 6.20 Å². The Labute approximate surface area is 246 Å². The Morgan fingerprint density at radius 3 is 2.70 bits per heavy atom. The van der Waals surface area contributed by atoms with Gasteiger partial charge in [-0.15, -0.1) is 0 Å². The number of aromatic nitrogens is 4. The van der Waals surface area contributed by atoms with E-state index in [1.165, 1.54) is 0 Å². The molecule has 0 radical (unpaired) electrons. The normalized spacial score (nSPS) is 21.1. The number of amides is 2. The molecule has 0 N–H and O–H groups in total. The Balaban J connectivity index is 1.27. The van der Waals surface area contributed by atoms with Crippen LogP contribution in [0.25, 0.3) is 22.2 Å². The second kappa shape index (κ2) is 11.0. The fraction of sp³-hybridized carbons (Fsp3) is 0.387. The van der Waals surface area contributed by atoms with Crippen molar-refractivity contribution >= 4 is 28.9 Å². The van der Waals surface area contributed by atoms with Gasteiger partial charge in [0.05, 0.1) is 35.9 Å². The van der Waals surface area contributed by atoms with Crippen molar-refractivity contribution in [1.82, 2.24) is 24.6 Å². The highest BCUT2D eigenvalue weighted by molar-refractivity contribution is 5.93. The molecule has 0 spiro atoms. The molecule has 5 heterocycles. The van der Waals surface area contributed by atoms with Gasteiger partial charge in [0.1, 0.15) is 29.2 Å². The van der Waals surface area contributed by atoms with Crippen molar-refractivity contribution in [3.8, 4) is 11.1 Å². The summed E-state index contributed by atoms with van der Waals surface area (Å²) in [7, 11) is 0. The molecule has 4 aromatic rings. The Kier molecular flexibility index (Phi) is 7.31. The molecule has 1 unspecified atom stereocenters. The highest BCUT2D eigenvalue weighted by Crippen LogP contribution is 2.39. The van der Waals surface area contributed by atoms with Crippen LogP contribution >= 0.6 is 0 Å². The van der Waals surface area contributed by atoms with Gasteiger partial charge in [0.25, 0.3) is 0 Å². The predicted molar refractivity (Wildman–Crippen MR) is 153 cm³/mol. The number of carbonyl (C=O) groups is 2. The first-order chi connectivity index (χ1) is 20.5. The van der Waals surface area contributed by atoms with Crippen molar-refractivity contribution in [2.75, 3.05) is 18.0 Å². The Hall–Kier alpha value is -4.48. The fourth-order valence-electron chi connectivity index (χ4n) is 5.74. The Bertz CT molecular complexity index is 1700. The standard InChI is InChI=1S/C31H31F3N6O3/c1-31(2,3)43-30(42)38-11-9-21(14-28(38)41)40-16-18(15-36-40)22-8-10-35-25-6-7-27(37-29(22)25)39-17-20(33)13-26(39)23-12-19(32)4-5-24(23)34/h4-8,10,12,15-16,20-21,26H,9,11,13-14,17H2,1-3H3/t20-,21?,26+/m0/s1. The number of anilines is 1. The number of hydrogen-bond donors (Lipinski definition) is 0. The maximum atomic E-state index is 14.7. The number of rotatable bonds is 4. The van der Waals surface area contributed by atoms with Gasteiger partial charge in [0.15, 0.2) is 0 Å². The molecule has 43 heavy (non-hydrogen) atoms. The monoisotopic (exact) mass is 592 g/mol. The lowest BCUT2D eigenvalue weighted by Gasteiger charge is -2.32. The summed E-state index contributed by atoms with van der Waals surface area (Å²) in [4.78, 5) is 37.3. The van der Waals surface area contributed by atoms with Gasteiger partial charge in [-0.3, -0.25) is 14.5 Å². The van der Waals surface area contributed by atoms with Crippen LogP contribution < -0.4 is 4.90 Å². The average Bonchev–Trinajstić information content (AvgIpc) is 3.60. The molecule has 12 heteroatoms. The van der Waals surface area contributed by atoms with Crippen LogP contribution in [0.3, 0.4) is 0 Å². The first-order valence-electron chi connectivity index (χ1n) is 14.2. The van der Waals surface area contributed by atoms with E-state index in [4.69, 9.17) is 9.72 Å². The first-order valence-corrected chi connectivity index (χ1v) is 14.2. The van der Waals surface area contributed by atoms with E-state index in [0.29, 0.717) is 23.3 Å². The SMILES string of the molecule is CC(C)(C)OC(=O)N1CCC(n2cc(-c3ccnc4ccc(N5C[C@@H](F)C[C@@H]5c5cc(F)ccc5F)nc34)cn2)CC1=O. The third kappa shape index (κ3) is 5.78. The lowest BCUT2D eigenvalue weighted by molar-refractivity contribution is -0.133. The van der Waals surface area contributed by atoms with Crippen molar-refractivity contribution < 1.29 is 27.5 Å². The fourth-order valence-corrected chi connectivity index (χ4v) is 5.74. The molecule has 2 saturated heterocycles. The average molecular weight is 593 g/mol. The summed E-state index contributed by atoms with van der Waals surface area (Å²) in [5, 5.41) is 4.51. The second-order valence-corrected chi connectivity index (χ2v) is 11.9. The van der Waals surface area contributed by atoms with Crippen LogP contribution in [-0.2, 0) is 9.53 Å². The molecule has 2 aliphatic rings. The van der Waals surface area contributed by atoms with Crippen molar-refractivity contribution in [1.29, 1.82) is 0 Å². The quantitative estimate of drug-likeness (QED) is 0.280. The molecule has 0 saturated carbocycles. The van der Waals surface area contributed by atoms with Crippen molar-refractivity contribution in [2.24, 2.45) is 0 Å². The van der Waals surface area contributed by atoms with E-state index < -0.39 is 35.5 Å². The maximum Gasteiger partial charge on any atom is 0.417 e. The van der Waals surface area contributed by atoms with Gasteiger partial charge in [0, 0.05) is 48.5 Å². The summed E-state index contributed by atoms with van der Waals surface area (Å²) >= 11 is 0. The number of pyridine rings is 2. The number of likely N-dealkylation sites (tertiary alicyclic amines) is 1. The van der Waals surface area contributed by atoms with Crippen LogP contribution in [-0.4, -0.2) is 61.5 Å². The summed E-state index contributed by atoms with van der Waals surface area (Å²) in [6, 6.07) is 7.50. The molecule has 2 amide bonds. The van der Waals surface area contributed by atoms with E-state index in [9.17, 15) is 22.8 Å². The highest BCUT2D eigenvalue weighted by atomic mass is 19.1. The number of nitrogens with zero attached hydrogens (tertiary/aromatic N) is 6. The third-order valence-electron chi connectivity index (χ3n) is 7.73. The van der Waals surface area contributed by atoms with Gasteiger partial charge < -0.3 is 9.64 Å². The van der Waals surface area contributed by atoms with Crippen LogP contribution in [0.15, 0.2) is 55.0 Å². The molecule has 6 rings (SSSR count). The van der Waals surface area contributed by atoms with Gasteiger partial charge in [0.2, 0.25) is 5.91 Å². The zero-order chi connectivity index (χ0) is 30.5. The smallest absolute Gasteiger partial charge is 0.417 e. The number of benzene rings is 1. The number of carbonyl (C=O) groups excluding carboxylic acids is 2. The van der Waals surface area contributed by atoms with Crippen molar-refractivity contribution in [3.63, 3.8) is 0 Å². The minimum Gasteiger partial charge on any atom is -0.443 e. The third-order valence-corrected chi connectivity index (χ3v) is 7.73. The van der Waals surface area contributed by atoms with E-state index in [1.54, 1.807) is 60.9 Å². The largest absolute Gasteiger partial charge is 0.443 e. The molecule has 9 nitrogen and oxygen atoms in total. The number of hydrogen-bond acceptors (Lipinski definition) is 7. The number of imide groups is 1. The van der Waals surface area contributed by atoms with Crippen molar-refractivity contribution in [3.05, 3.63) is 72.2 Å². The first kappa shape index (κ1) is 28.6. The highest BCUT2D eigenvalue weighted by Gasteiger charge is 2.37. The summed E-state index contributed by atoms with van der Waals surface area (Å²) in [6.45, 7) is 5.45. The lowest BCUT2D eigenvalue weighted by Crippen LogP contribution is -2.45. The molecule has 2 fully saturated rings. The van der Waals surface area contributed by atoms with E-state index in [0.717, 1.165) is 34.2 Å². The number of piperidine rings is 1. The molecule has 3 atom stereocenters. The molecular formula is C31H31F3N6O3. The van der Waals surface area contributed by atoms with Gasteiger partial charge in [-0.2, -0.15) is 5.10 Å². The predicted octanol–water partition coefficient (Wildman–Crippen LogP) is 6.16. The zero-order valence-corrected chi connectivity index (χ0v) is 24.0. The molecule has 1 aromatic carbocycles. The van der Waals surface area contributed by atoms with Crippen molar-refractivity contribution in [2.45, 2.75) is 63.9 Å². The maximum absolute atomic E-state index is 14.7. The Morgan fingerprint density at radius 2 is 1.93 bits per heavy atom. The molecule has 0 aliphatic carbocycles. The molecule has 2 aliphatic heterocycles. The van der Waals surface area contributed by atoms with Crippen LogP contribution in [0.5, 0.6) is 0 Å². The van der Waals surface area contributed by atoms with E-state index in [2.05, 4.69) is 10.1 Å². The van der Waals surface area contributed by atoms with Crippen LogP contribution in [0.4, 0.5) is 23.8 Å². The minimum absolute atomic E-state index is 0.0112. The topological polar surface area (TPSA) is 93.4 Å². The minimum atomic E-state index is -1.23. The van der Waals surface area contributed by atoms with Gasteiger partial charge in [-0.1, -0.05) is 0 Å². The zero-order valence-electron chi connectivity index (χ0n) is 24.0. The lowest BCUT2D eigenvalue weighted by atomic mass is 10.0.